The van der Waals surface area contributed by atoms with Crippen molar-refractivity contribution in [1.29, 1.82) is 0 Å². The average Bonchev–Trinajstić information content (AvgIpc) is 0.826. The van der Waals surface area contributed by atoms with Crippen LogP contribution >= 0.6 is 63.2 Å². The minimum absolute atomic E-state index is 0. The Morgan fingerprint density at radius 2 is 0.485 bits per heavy atom. The van der Waals surface area contributed by atoms with Crippen LogP contribution in [0.1, 0.15) is 385 Å². The highest BCUT2D eigenvalue weighted by Gasteiger charge is 2.38. The van der Waals surface area contributed by atoms with Crippen molar-refractivity contribution in [3.05, 3.63) is 97.6 Å². The highest BCUT2D eigenvalue weighted by Crippen LogP contribution is 2.51. The second-order valence-corrected chi connectivity index (χ2v) is 40.8. The third kappa shape index (κ3) is 31.7. The van der Waals surface area contributed by atoms with Crippen molar-refractivity contribution >= 4 is 74.1 Å². The Hall–Kier alpha value is -0.570. The van der Waals surface area contributed by atoms with Gasteiger partial charge in [0.15, 0.2) is 0 Å². The van der Waals surface area contributed by atoms with Gasteiger partial charge in [-0.05, 0) is 436 Å². The lowest BCUT2D eigenvalue weighted by Crippen LogP contribution is -2.30. The van der Waals surface area contributed by atoms with E-state index in [1.54, 1.807) is 75.3 Å². The van der Waals surface area contributed by atoms with Crippen LogP contribution in [0.5, 0.6) is 5.75 Å². The summed E-state index contributed by atoms with van der Waals surface area (Å²) < 4.78 is 5.12. The van der Waals surface area contributed by atoms with Gasteiger partial charge in [0.05, 0.1) is 6.10 Å². The topological polar surface area (TPSA) is 49.7 Å². The molecule has 0 atom stereocenters. The van der Waals surface area contributed by atoms with E-state index in [2.05, 4.69) is 150 Å². The summed E-state index contributed by atoms with van der Waals surface area (Å²) in [5, 5.41) is 18.2. The maximum Gasteiger partial charge on any atom is 0.569 e. The number of rotatable bonds is 10. The minimum Gasteiger partial charge on any atom is -0.537 e. The maximum atomic E-state index is 9.79. The third-order valence-electron chi connectivity index (χ3n) is 27.5. The summed E-state index contributed by atoms with van der Waals surface area (Å²) in [4.78, 5) is 0.833. The van der Waals surface area contributed by atoms with Gasteiger partial charge in [-0.15, -0.1) is 47.3 Å². The van der Waals surface area contributed by atoms with Crippen LogP contribution < -0.4 is 4.65 Å². The standard InChI is InChI=1S/C28H44.C27H42O.C19H33Br.C9H12BO2.9CH4.BBr3/c1-19-5-7-23(8-6-19)24-9-11-25(12-10-24)26-13-15-27(16-14-26)28-17-20(2)22(4)21(3)18-28;1-18-16-26(17-19(2)20(18)3)25-10-8-22(9-11-25)21-4-6-23(7-5-21)24-12-14-27(28)15-13-24;1-14-2-4-15(5-3-14)16-6-8-17(9-7-16)18-10-12-19(20)13-11-18;1-6-4-9(12-10-11)5-7(2)8(6)3;;;;;;;;;;2-1(3)4/h17-19,23-27H,5-16H2,1-4H3;16-17,21-25,27-28H,4-15H2,1-3H3;14-19H,2-13H2,1H3;4-5,11H,1-3H3;9*1H4;. The minimum atomic E-state index is 0. The van der Waals surface area contributed by atoms with Crippen molar-refractivity contribution in [2.24, 2.45) is 82.9 Å². The molecular formula is C92H167B2Br4O3. The zero-order chi connectivity index (χ0) is 66.0. The zero-order valence-electron chi connectivity index (χ0n) is 60.3. The zero-order valence-corrected chi connectivity index (χ0v) is 66.6. The molecule has 101 heavy (non-hydrogen) atoms. The molecule has 2 N–H and O–H groups in total. The van der Waals surface area contributed by atoms with Crippen LogP contribution in [0.4, 0.5) is 0 Å². The van der Waals surface area contributed by atoms with Crippen LogP contribution in [0.15, 0.2) is 36.4 Å². The van der Waals surface area contributed by atoms with E-state index in [9.17, 15) is 5.11 Å². The van der Waals surface area contributed by atoms with E-state index in [4.69, 9.17) is 9.68 Å². The number of aryl methyl sites for hydroxylation is 6. The van der Waals surface area contributed by atoms with Crippen molar-refractivity contribution in [1.82, 2.24) is 0 Å². The predicted octanol–water partition coefficient (Wildman–Crippen LogP) is 31.7. The van der Waals surface area contributed by atoms with Gasteiger partial charge >= 0.3 is 10.9 Å². The molecular weight excluding hydrogens is 1490 g/mol. The summed E-state index contributed by atoms with van der Waals surface area (Å²) >= 11 is 13.1. The largest absolute Gasteiger partial charge is 0.569 e. The van der Waals surface area contributed by atoms with E-state index in [0.717, 1.165) is 112 Å². The van der Waals surface area contributed by atoms with Crippen LogP contribution in [0.25, 0.3) is 0 Å². The van der Waals surface area contributed by atoms with Gasteiger partial charge in [0, 0.05) is 4.83 Å². The summed E-state index contributed by atoms with van der Waals surface area (Å²) in [7, 11) is 0.698. The number of aliphatic hydroxyl groups is 1. The fourth-order valence-corrected chi connectivity index (χ4v) is 21.0. The Labute approximate surface area is 666 Å². The molecule has 9 fully saturated rings. The molecule has 0 amide bonds. The number of halogens is 4. The van der Waals surface area contributed by atoms with E-state index >= 15 is 0 Å². The third-order valence-corrected chi connectivity index (χ3v) is 28.4. The first-order chi connectivity index (χ1) is 44.1. The van der Waals surface area contributed by atoms with Crippen LogP contribution in [0, 0.1) is 145 Å². The van der Waals surface area contributed by atoms with Gasteiger partial charge in [0.1, 0.15) is 5.75 Å². The van der Waals surface area contributed by atoms with E-state index < -0.39 is 0 Å². The highest BCUT2D eigenvalue weighted by molar-refractivity contribution is 9.69. The maximum absolute atomic E-state index is 9.79. The van der Waals surface area contributed by atoms with Gasteiger partial charge in [-0.3, -0.25) is 0 Å². The second-order valence-electron chi connectivity index (χ2n) is 33.1. The molecule has 9 aliphatic carbocycles. The monoisotopic (exact) mass is 1660 g/mol. The molecule has 9 heteroatoms. The van der Waals surface area contributed by atoms with Gasteiger partial charge in [-0.1, -0.05) is 147 Å². The molecule has 0 spiro atoms. The van der Waals surface area contributed by atoms with E-state index in [1.165, 1.54) is 204 Å². The van der Waals surface area contributed by atoms with E-state index in [-0.39, 0.29) is 76.1 Å². The van der Waals surface area contributed by atoms with Gasteiger partial charge in [0.25, 0.3) is 0 Å². The number of hydrogen-bond donors (Lipinski definition) is 2. The van der Waals surface area contributed by atoms with Crippen molar-refractivity contribution in [3.63, 3.8) is 0 Å². The summed E-state index contributed by atoms with van der Waals surface area (Å²) in [6.45, 7) is 24.7. The SMILES string of the molecule is BrB(Br)Br.C.C.C.C.C.C.C.C.C.CC1CCC(C2CCC(C3CCC(Br)CC3)CC2)CC1.Cc1cc(C2CCC(C3CCC(C4CCC(C)CC4)CC3)CC2)cc(C)c1C.Cc1cc(C2CCC(C3CCC(C4CCC(O)CC4)CC3)CC2)cc(C)c1C.Cc1cc(O[B]O)cc(C)c1C. The highest BCUT2D eigenvalue weighted by atomic mass is 79.9. The first-order valence-electron chi connectivity index (χ1n) is 38.7. The molecule has 9 aliphatic rings. The molecule has 1 radical (unpaired) electrons. The number of alkyl halides is 1. The van der Waals surface area contributed by atoms with Gasteiger partial charge in [0.2, 0.25) is 0 Å². The molecule has 587 valence electrons. The molecule has 3 aromatic carbocycles. The van der Waals surface area contributed by atoms with Gasteiger partial charge in [-0.25, -0.2) is 0 Å². The predicted molar refractivity (Wildman–Crippen MR) is 474 cm³/mol. The summed E-state index contributed by atoms with van der Waals surface area (Å²) in [5.74, 6) is 16.9. The summed E-state index contributed by atoms with van der Waals surface area (Å²) in [5.41, 5.74) is 15.8. The molecule has 3 nitrogen and oxygen atoms in total. The van der Waals surface area contributed by atoms with Crippen molar-refractivity contribution in [2.75, 3.05) is 0 Å². The van der Waals surface area contributed by atoms with Crippen molar-refractivity contribution in [3.8, 4) is 5.75 Å². The normalized spacial score (nSPS) is 31.3. The fraction of sp³-hybridized carbons (Fsp3) is 0.804. The fourth-order valence-electron chi connectivity index (χ4n) is 20.5. The lowest BCUT2D eigenvalue weighted by molar-refractivity contribution is 0.0682. The van der Waals surface area contributed by atoms with Crippen LogP contribution in [0.3, 0.4) is 0 Å². The van der Waals surface area contributed by atoms with Crippen LogP contribution in [-0.2, 0) is 0 Å². The van der Waals surface area contributed by atoms with Crippen LogP contribution in [-0.4, -0.2) is 31.9 Å². The average molecular weight is 1660 g/mol. The number of hydrogen-bond acceptors (Lipinski definition) is 3. The number of aliphatic hydroxyl groups excluding tert-OH is 1. The molecule has 12 rings (SSSR count). The molecule has 0 aromatic heterocycles. The molecule has 0 saturated heterocycles. The lowest BCUT2D eigenvalue weighted by atomic mass is 9.65. The molecule has 0 unspecified atom stereocenters. The smallest absolute Gasteiger partial charge is 0.537 e. The quantitative estimate of drug-likeness (QED) is 0.157. The Morgan fingerprint density at radius 3 is 0.703 bits per heavy atom. The molecule has 0 bridgehead atoms. The van der Waals surface area contributed by atoms with Crippen molar-refractivity contribution < 1.29 is 14.8 Å². The van der Waals surface area contributed by atoms with Crippen LogP contribution in [0.2, 0.25) is 0 Å². The second kappa shape index (κ2) is 51.8. The van der Waals surface area contributed by atoms with E-state index in [1.807, 2.05) is 26.0 Å². The molecule has 0 heterocycles. The van der Waals surface area contributed by atoms with Gasteiger partial charge < -0.3 is 14.8 Å². The Balaban J connectivity index is 0. The first-order valence-corrected chi connectivity index (χ1v) is 42.4. The summed E-state index contributed by atoms with van der Waals surface area (Å²) in [6.07, 6.45) is 52.8. The number of benzene rings is 3. The van der Waals surface area contributed by atoms with E-state index in [0.29, 0.717) is 13.4 Å². The summed E-state index contributed by atoms with van der Waals surface area (Å²) in [6, 6.07) is 13.7. The molecule has 9 saturated carbocycles. The molecule has 3 aromatic rings. The van der Waals surface area contributed by atoms with Gasteiger partial charge in [-0.2, -0.15) is 0 Å². The Kier molecular flexibility index (Phi) is 52.5. The first kappa shape index (κ1) is 102. The Bertz CT molecular complexity index is 2370. The van der Waals surface area contributed by atoms with Crippen molar-refractivity contribution in [2.45, 2.75) is 397 Å². The Morgan fingerprint density at radius 1 is 0.307 bits per heavy atom. The molecule has 0 aliphatic heterocycles. The lowest BCUT2D eigenvalue weighted by Gasteiger charge is -2.41.